The molecule has 0 bridgehead atoms. The maximum atomic E-state index is 17.0. The van der Waals surface area contributed by atoms with E-state index in [9.17, 15) is 36.8 Å². The van der Waals surface area contributed by atoms with Crippen LogP contribution in [0.5, 0.6) is 6.01 Å². The van der Waals surface area contributed by atoms with Crippen LogP contribution in [0.2, 0.25) is 0 Å². The first kappa shape index (κ1) is 31.6. The monoisotopic (exact) mass is 701 g/mol. The van der Waals surface area contributed by atoms with Crippen LogP contribution in [0.25, 0.3) is 32.1 Å². The number of nitrogens with one attached hydrogen (secondary N) is 1. The molecule has 0 saturated carbocycles. The van der Waals surface area contributed by atoms with Gasteiger partial charge < -0.3 is 15.4 Å². The smallest absolute Gasteiger partial charge is 0.417 e. The summed E-state index contributed by atoms with van der Waals surface area (Å²) in [6, 6.07) is 3.89. The molecular formula is C32H25F6N7O3S. The predicted octanol–water partition coefficient (Wildman–Crippen LogP) is 4.93. The van der Waals surface area contributed by atoms with Crippen molar-refractivity contribution >= 4 is 55.0 Å². The van der Waals surface area contributed by atoms with Crippen LogP contribution in [0.15, 0.2) is 18.2 Å². The first-order valence-corrected chi connectivity index (χ1v) is 16.3. The summed E-state index contributed by atoms with van der Waals surface area (Å²) in [5.41, 5.74) is 1.52. The quantitative estimate of drug-likeness (QED) is 0.219. The zero-order valence-electron chi connectivity index (χ0n) is 25.3. The third-order valence-electron chi connectivity index (χ3n) is 10.2. The van der Waals surface area contributed by atoms with Gasteiger partial charge in [0, 0.05) is 42.4 Å². The number of ether oxygens (including phenoxy) is 1. The van der Waals surface area contributed by atoms with E-state index in [1.165, 1.54) is 4.90 Å². The van der Waals surface area contributed by atoms with Crippen LogP contribution in [0.4, 0.5) is 37.2 Å². The van der Waals surface area contributed by atoms with Crippen molar-refractivity contribution in [1.82, 2.24) is 20.2 Å². The molecule has 4 unspecified atom stereocenters. The minimum atomic E-state index is -5.17. The Morgan fingerprint density at radius 1 is 1.14 bits per heavy atom. The van der Waals surface area contributed by atoms with Crippen LogP contribution in [-0.2, 0) is 15.8 Å². The highest BCUT2D eigenvalue weighted by atomic mass is 32.1. The molecule has 4 aromatic rings. The van der Waals surface area contributed by atoms with Crippen LogP contribution >= 0.6 is 11.3 Å². The lowest BCUT2D eigenvalue weighted by molar-refractivity contribution is -0.137. The maximum absolute atomic E-state index is 17.0. The number of nitrogen functional groups attached to an aromatic ring is 1. The number of nitriles is 1. The molecule has 3 N–H and O–H groups in total. The zero-order chi connectivity index (χ0) is 34.6. The summed E-state index contributed by atoms with van der Waals surface area (Å²) < 4.78 is 96.8. The number of carbonyl (C=O) groups excluding carboxylic acids is 2. The van der Waals surface area contributed by atoms with Gasteiger partial charge in [-0.15, -0.1) is 11.3 Å². The van der Waals surface area contributed by atoms with Crippen molar-refractivity contribution < 1.29 is 40.7 Å². The van der Waals surface area contributed by atoms with E-state index in [1.54, 1.807) is 6.07 Å². The van der Waals surface area contributed by atoms with Crippen molar-refractivity contribution in [3.05, 3.63) is 41.0 Å². The summed E-state index contributed by atoms with van der Waals surface area (Å²) in [4.78, 5) is 37.0. The number of anilines is 2. The largest absolute Gasteiger partial charge is 0.461 e. The van der Waals surface area contributed by atoms with Crippen LogP contribution in [0.3, 0.4) is 0 Å². The molecule has 0 spiro atoms. The molecule has 2 aromatic heterocycles. The van der Waals surface area contributed by atoms with Gasteiger partial charge in [-0.2, -0.15) is 28.4 Å². The summed E-state index contributed by atoms with van der Waals surface area (Å²) >= 11 is 0.651. The summed E-state index contributed by atoms with van der Waals surface area (Å²) in [5, 5.41) is 11.2. The molecule has 4 aliphatic heterocycles. The number of nitrogens with two attached hydrogens (primary N) is 1. The number of carbonyl (C=O) groups is 2. The number of alkyl halides is 4. The summed E-state index contributed by atoms with van der Waals surface area (Å²) in [5.74, 6) is -5.18. The molecule has 2 amide bonds. The highest BCUT2D eigenvalue weighted by molar-refractivity contribution is 7.23. The number of amides is 2. The fourth-order valence-electron chi connectivity index (χ4n) is 7.95. The number of nitrogens with zero attached hydrogens (tertiary/aromatic N) is 5. The van der Waals surface area contributed by atoms with Gasteiger partial charge in [-0.3, -0.25) is 19.8 Å². The lowest BCUT2D eigenvalue weighted by atomic mass is 9.92. The first-order chi connectivity index (χ1) is 23.3. The van der Waals surface area contributed by atoms with Crippen LogP contribution in [0, 0.1) is 34.8 Å². The van der Waals surface area contributed by atoms with E-state index in [0.717, 1.165) is 18.6 Å². The molecule has 4 aliphatic rings. The summed E-state index contributed by atoms with van der Waals surface area (Å²) in [6.07, 6.45) is -4.63. The van der Waals surface area contributed by atoms with Gasteiger partial charge in [-0.1, -0.05) is 6.07 Å². The first-order valence-electron chi connectivity index (χ1n) is 15.4. The summed E-state index contributed by atoms with van der Waals surface area (Å²) in [6.45, 7) is 0.610. The second-order valence-corrected chi connectivity index (χ2v) is 14.0. The van der Waals surface area contributed by atoms with Gasteiger partial charge in [0.15, 0.2) is 5.82 Å². The van der Waals surface area contributed by atoms with E-state index in [0.29, 0.717) is 30.4 Å². The van der Waals surface area contributed by atoms with Gasteiger partial charge in [0.1, 0.15) is 41.0 Å². The Balaban J connectivity index is 1.34. The van der Waals surface area contributed by atoms with Crippen LogP contribution < -0.4 is 20.7 Å². The van der Waals surface area contributed by atoms with Crippen molar-refractivity contribution in [3.63, 3.8) is 0 Å². The van der Waals surface area contributed by atoms with E-state index >= 15 is 4.39 Å². The second-order valence-electron chi connectivity index (χ2n) is 12.9. The van der Waals surface area contributed by atoms with Crippen molar-refractivity contribution in [1.29, 1.82) is 5.26 Å². The fraction of sp³-hybridized carbons (Fsp3) is 0.406. The number of halogens is 6. The molecule has 6 heterocycles. The molecule has 10 nitrogen and oxygen atoms in total. The maximum Gasteiger partial charge on any atom is 0.417 e. The Bertz CT molecular complexity index is 2130. The van der Waals surface area contributed by atoms with Gasteiger partial charge in [0.25, 0.3) is 0 Å². The molecular weight excluding hydrogens is 676 g/mol. The Morgan fingerprint density at radius 2 is 1.88 bits per heavy atom. The number of hydrogen-bond donors (Lipinski definition) is 2. The number of aromatic nitrogens is 2. The average molecular weight is 702 g/mol. The van der Waals surface area contributed by atoms with Crippen molar-refractivity contribution in [2.75, 3.05) is 43.4 Å². The molecule has 4 fully saturated rings. The Hall–Kier alpha value is -4.69. The predicted molar refractivity (Wildman–Crippen MR) is 165 cm³/mol. The van der Waals surface area contributed by atoms with Crippen molar-refractivity contribution in [3.8, 4) is 23.2 Å². The molecule has 0 aliphatic carbocycles. The Labute approximate surface area is 277 Å². The van der Waals surface area contributed by atoms with Crippen molar-refractivity contribution in [2.24, 2.45) is 11.8 Å². The number of thiophene rings is 1. The third-order valence-corrected chi connectivity index (χ3v) is 11.2. The molecule has 4 atom stereocenters. The van der Waals surface area contributed by atoms with E-state index < -0.39 is 81.4 Å². The minimum Gasteiger partial charge on any atom is -0.461 e. The number of hydrogen-bond acceptors (Lipinski definition) is 10. The number of benzene rings is 2. The minimum absolute atomic E-state index is 0.0715. The summed E-state index contributed by atoms with van der Waals surface area (Å²) in [7, 11) is 0. The standard InChI is InChI=1S/C32H25F6N7O3S/c33-13-7-31(4-1-5-45(31)9-13)12-48-30-41-24-15(27(42-30)44-10-17-18(11-44)29(47)43-28(17)46)6-19(32(36,37)38)22(23(24)35)14-2-3-20(34)25-21(14)16(8-39)26(40)49-25/h2-3,6,13,17-18H,1,4-5,7,9-12,40H2,(H,43,46,47). The number of rotatable bonds is 5. The number of fused-ring (bicyclic) bond motifs is 4. The molecule has 4 saturated heterocycles. The third kappa shape index (κ3) is 4.78. The topological polar surface area (TPSA) is 137 Å². The molecule has 17 heteroatoms. The van der Waals surface area contributed by atoms with Crippen LogP contribution in [0.1, 0.15) is 30.4 Å². The zero-order valence-corrected chi connectivity index (χ0v) is 26.2. The SMILES string of the molecule is N#Cc1c(N)sc2c(F)ccc(-c3c(C(F)(F)F)cc4c(N5CC6C(=O)NC(=O)C6C5)nc(OCC56CCCN5CC(F)C6)nc4c3F)c12. The van der Waals surface area contributed by atoms with Gasteiger partial charge >= 0.3 is 12.2 Å². The average Bonchev–Trinajstić information content (AvgIpc) is 3.84. The van der Waals surface area contributed by atoms with E-state index in [1.807, 2.05) is 4.90 Å². The molecule has 2 aromatic carbocycles. The van der Waals surface area contributed by atoms with Gasteiger partial charge in [-0.25, -0.2) is 13.2 Å². The van der Waals surface area contributed by atoms with E-state index in [-0.39, 0.29) is 64.5 Å². The molecule has 49 heavy (non-hydrogen) atoms. The highest BCUT2D eigenvalue weighted by Gasteiger charge is 2.51. The molecule has 0 radical (unpaired) electrons. The Kier molecular flexibility index (Phi) is 7.03. The lowest BCUT2D eigenvalue weighted by Crippen LogP contribution is -2.43. The Morgan fingerprint density at radius 3 is 2.57 bits per heavy atom. The van der Waals surface area contributed by atoms with E-state index in [4.69, 9.17) is 10.5 Å². The van der Waals surface area contributed by atoms with Gasteiger partial charge in [-0.05, 0) is 37.1 Å². The highest BCUT2D eigenvalue weighted by Crippen LogP contribution is 2.49. The normalized spacial score (nSPS) is 25.3. The van der Waals surface area contributed by atoms with Gasteiger partial charge in [0.2, 0.25) is 11.8 Å². The fourth-order valence-corrected chi connectivity index (χ4v) is 8.90. The number of imide groups is 1. The second kappa shape index (κ2) is 10.9. The van der Waals surface area contributed by atoms with E-state index in [2.05, 4.69) is 15.3 Å². The lowest BCUT2D eigenvalue weighted by Gasteiger charge is -2.31. The molecule has 8 rings (SSSR count). The molecule has 254 valence electrons. The van der Waals surface area contributed by atoms with Gasteiger partial charge in [0.05, 0.1) is 33.2 Å². The van der Waals surface area contributed by atoms with Crippen molar-refractivity contribution in [2.45, 2.75) is 37.1 Å². The van der Waals surface area contributed by atoms with Crippen LogP contribution in [-0.4, -0.2) is 71.2 Å².